The fraction of sp³-hybridized carbons (Fsp3) is 0.348. The lowest BCUT2D eigenvalue weighted by molar-refractivity contribution is 0.102. The number of benzene rings is 2. The molecule has 0 unspecified atom stereocenters. The zero-order valence-electron chi connectivity index (χ0n) is 18.0. The maximum atomic E-state index is 12.5. The van der Waals surface area contributed by atoms with Gasteiger partial charge in [-0.2, -0.15) is 0 Å². The van der Waals surface area contributed by atoms with Crippen LogP contribution in [0.25, 0.3) is 11.5 Å². The summed E-state index contributed by atoms with van der Waals surface area (Å²) in [6.07, 6.45) is 2.05. The van der Waals surface area contributed by atoms with Crippen molar-refractivity contribution in [1.29, 1.82) is 0 Å². The minimum absolute atomic E-state index is 0.00937. The molecule has 1 aromatic heterocycles. The number of nitrogens with one attached hydrogen (secondary N) is 1. The topological polar surface area (TPSA) is 95.7 Å². The molecule has 1 N–H and O–H groups in total. The van der Waals surface area contributed by atoms with E-state index in [1.165, 1.54) is 0 Å². The summed E-state index contributed by atoms with van der Waals surface area (Å²) in [6, 6.07) is 12.3. The molecule has 0 radical (unpaired) electrons. The average Bonchev–Trinajstić information content (AvgIpc) is 3.24. The molecule has 8 nitrogen and oxygen atoms in total. The number of aromatic nitrogens is 2. The highest BCUT2D eigenvalue weighted by molar-refractivity contribution is 6.03. The number of ether oxygens (including phenoxy) is 3. The number of carbonyl (C=O) groups is 1. The monoisotopic (exact) mass is 425 g/mol. The van der Waals surface area contributed by atoms with E-state index in [-0.39, 0.29) is 17.8 Å². The van der Waals surface area contributed by atoms with E-state index < -0.39 is 0 Å². The van der Waals surface area contributed by atoms with Gasteiger partial charge in [-0.05, 0) is 62.7 Å². The summed E-state index contributed by atoms with van der Waals surface area (Å²) in [5, 5.41) is 10.5. The number of hydrogen-bond donors (Lipinski definition) is 1. The standard InChI is InChI=1S/C23H27N3O5/c1-4-7-14-30-18-11-8-16(9-12-18)21(27)24-23-26-25-22(31-23)17-10-13-19(28-5-2)20(15-17)29-6-3/h8-13,15H,4-7,14H2,1-3H3,(H,24,26,27). The molecule has 0 spiro atoms. The van der Waals surface area contributed by atoms with Crippen LogP contribution in [0.1, 0.15) is 44.0 Å². The summed E-state index contributed by atoms with van der Waals surface area (Å²) in [5.41, 5.74) is 1.12. The van der Waals surface area contributed by atoms with Crippen LogP contribution < -0.4 is 19.5 Å². The Hall–Kier alpha value is -3.55. The Balaban J connectivity index is 1.67. The second kappa shape index (κ2) is 11.0. The molecule has 31 heavy (non-hydrogen) atoms. The number of unbranched alkanes of at least 4 members (excludes halogenated alkanes) is 1. The van der Waals surface area contributed by atoms with Gasteiger partial charge in [0.15, 0.2) is 11.5 Å². The van der Waals surface area contributed by atoms with Crippen LogP contribution in [0.3, 0.4) is 0 Å². The normalized spacial score (nSPS) is 10.5. The van der Waals surface area contributed by atoms with Crippen LogP contribution in [-0.4, -0.2) is 35.9 Å². The molecule has 0 bridgehead atoms. The van der Waals surface area contributed by atoms with Crippen molar-refractivity contribution in [2.24, 2.45) is 0 Å². The number of hydrogen-bond acceptors (Lipinski definition) is 7. The third kappa shape index (κ3) is 5.97. The predicted molar refractivity (Wildman–Crippen MR) is 117 cm³/mol. The van der Waals surface area contributed by atoms with Crippen molar-refractivity contribution in [3.63, 3.8) is 0 Å². The van der Waals surface area contributed by atoms with Crippen LogP contribution >= 0.6 is 0 Å². The van der Waals surface area contributed by atoms with Crippen molar-refractivity contribution in [2.45, 2.75) is 33.6 Å². The van der Waals surface area contributed by atoms with E-state index in [1.54, 1.807) is 42.5 Å². The molecule has 1 heterocycles. The first-order valence-electron chi connectivity index (χ1n) is 10.4. The van der Waals surface area contributed by atoms with Gasteiger partial charge < -0.3 is 18.6 Å². The van der Waals surface area contributed by atoms with Crippen molar-refractivity contribution >= 4 is 11.9 Å². The van der Waals surface area contributed by atoms with Gasteiger partial charge in [-0.15, -0.1) is 5.10 Å². The third-order valence-electron chi connectivity index (χ3n) is 4.32. The number of nitrogens with zero attached hydrogens (tertiary/aromatic N) is 2. The summed E-state index contributed by atoms with van der Waals surface area (Å²) in [5.74, 6) is 1.87. The first kappa shape index (κ1) is 22.1. The molecule has 0 atom stereocenters. The van der Waals surface area contributed by atoms with Gasteiger partial charge in [0.1, 0.15) is 5.75 Å². The first-order chi connectivity index (χ1) is 15.1. The van der Waals surface area contributed by atoms with E-state index in [1.807, 2.05) is 13.8 Å². The van der Waals surface area contributed by atoms with Gasteiger partial charge in [0.05, 0.1) is 19.8 Å². The SMILES string of the molecule is CCCCOc1ccc(C(=O)Nc2nnc(-c3ccc(OCC)c(OCC)c3)o2)cc1. The zero-order chi connectivity index (χ0) is 22.1. The van der Waals surface area contributed by atoms with Crippen molar-refractivity contribution < 1.29 is 23.4 Å². The number of amides is 1. The molecule has 0 aliphatic carbocycles. The molecule has 0 aliphatic heterocycles. The van der Waals surface area contributed by atoms with Gasteiger partial charge in [-0.1, -0.05) is 18.4 Å². The molecule has 0 saturated heterocycles. The predicted octanol–water partition coefficient (Wildman–Crippen LogP) is 4.97. The third-order valence-corrected chi connectivity index (χ3v) is 4.32. The molecule has 0 fully saturated rings. The van der Waals surface area contributed by atoms with Gasteiger partial charge in [0.2, 0.25) is 5.89 Å². The van der Waals surface area contributed by atoms with E-state index in [4.69, 9.17) is 18.6 Å². The van der Waals surface area contributed by atoms with E-state index in [2.05, 4.69) is 22.4 Å². The number of rotatable bonds is 11. The fourth-order valence-electron chi connectivity index (χ4n) is 2.78. The molecule has 0 saturated carbocycles. The zero-order valence-corrected chi connectivity index (χ0v) is 18.0. The maximum Gasteiger partial charge on any atom is 0.322 e. The Morgan fingerprint density at radius 3 is 2.39 bits per heavy atom. The molecular formula is C23H27N3O5. The summed E-state index contributed by atoms with van der Waals surface area (Å²) in [7, 11) is 0. The van der Waals surface area contributed by atoms with Crippen LogP contribution in [0.4, 0.5) is 6.01 Å². The molecule has 1 amide bonds. The second-order valence-corrected chi connectivity index (χ2v) is 6.62. The smallest absolute Gasteiger partial charge is 0.322 e. The van der Waals surface area contributed by atoms with Gasteiger partial charge in [-0.25, -0.2) is 0 Å². The number of carbonyl (C=O) groups excluding carboxylic acids is 1. The molecule has 8 heteroatoms. The summed E-state index contributed by atoms with van der Waals surface area (Å²) in [4.78, 5) is 12.5. The van der Waals surface area contributed by atoms with Gasteiger partial charge >= 0.3 is 6.01 Å². The second-order valence-electron chi connectivity index (χ2n) is 6.62. The van der Waals surface area contributed by atoms with E-state index in [0.29, 0.717) is 42.4 Å². The molecule has 0 aliphatic rings. The minimum atomic E-state index is -0.350. The molecule has 164 valence electrons. The van der Waals surface area contributed by atoms with Gasteiger partial charge in [0, 0.05) is 11.1 Å². The van der Waals surface area contributed by atoms with Crippen molar-refractivity contribution in [2.75, 3.05) is 25.1 Å². The van der Waals surface area contributed by atoms with Crippen molar-refractivity contribution in [1.82, 2.24) is 10.2 Å². The highest BCUT2D eigenvalue weighted by Gasteiger charge is 2.15. The molecule has 3 aromatic rings. The molecular weight excluding hydrogens is 398 g/mol. The van der Waals surface area contributed by atoms with Crippen LogP contribution in [0.2, 0.25) is 0 Å². The van der Waals surface area contributed by atoms with Crippen molar-refractivity contribution in [3.05, 3.63) is 48.0 Å². The molecule has 3 rings (SSSR count). The highest BCUT2D eigenvalue weighted by Crippen LogP contribution is 2.32. The summed E-state index contributed by atoms with van der Waals surface area (Å²) in [6.45, 7) is 7.59. The van der Waals surface area contributed by atoms with Crippen LogP contribution in [-0.2, 0) is 0 Å². The van der Waals surface area contributed by atoms with E-state index >= 15 is 0 Å². The Morgan fingerprint density at radius 2 is 1.68 bits per heavy atom. The lowest BCUT2D eigenvalue weighted by atomic mass is 10.2. The van der Waals surface area contributed by atoms with E-state index in [0.717, 1.165) is 18.6 Å². The van der Waals surface area contributed by atoms with Crippen LogP contribution in [0, 0.1) is 0 Å². The van der Waals surface area contributed by atoms with E-state index in [9.17, 15) is 4.79 Å². The lowest BCUT2D eigenvalue weighted by Crippen LogP contribution is -2.12. The van der Waals surface area contributed by atoms with Crippen LogP contribution in [0.15, 0.2) is 46.9 Å². The Labute approximate surface area is 181 Å². The van der Waals surface area contributed by atoms with Gasteiger partial charge in [0.25, 0.3) is 5.91 Å². The minimum Gasteiger partial charge on any atom is -0.494 e. The lowest BCUT2D eigenvalue weighted by Gasteiger charge is -2.11. The van der Waals surface area contributed by atoms with Gasteiger partial charge in [-0.3, -0.25) is 10.1 Å². The first-order valence-corrected chi connectivity index (χ1v) is 10.4. The highest BCUT2D eigenvalue weighted by atomic mass is 16.5. The Morgan fingerprint density at radius 1 is 0.935 bits per heavy atom. The Kier molecular flexibility index (Phi) is 7.86. The largest absolute Gasteiger partial charge is 0.494 e. The molecule has 2 aromatic carbocycles. The average molecular weight is 425 g/mol. The summed E-state index contributed by atoms with van der Waals surface area (Å²) >= 11 is 0. The number of anilines is 1. The van der Waals surface area contributed by atoms with Crippen molar-refractivity contribution in [3.8, 4) is 28.7 Å². The maximum absolute atomic E-state index is 12.5. The fourth-order valence-corrected chi connectivity index (χ4v) is 2.78. The quantitative estimate of drug-likeness (QED) is 0.434. The Bertz CT molecular complexity index is 985. The van der Waals surface area contributed by atoms with Crippen LogP contribution in [0.5, 0.6) is 17.2 Å². The summed E-state index contributed by atoms with van der Waals surface area (Å²) < 4.78 is 22.4.